The summed E-state index contributed by atoms with van der Waals surface area (Å²) in [6, 6.07) is 13.4. The summed E-state index contributed by atoms with van der Waals surface area (Å²) in [6.45, 7) is 2.26. The Labute approximate surface area is 209 Å². The first-order valence-corrected chi connectivity index (χ1v) is 12.5. The zero-order valence-corrected chi connectivity index (χ0v) is 21.7. The third kappa shape index (κ3) is 11.9. The zero-order valence-electron chi connectivity index (χ0n) is 18.9. The standard InChI is InChI=1S/C24H34N2O3S.Na/c1-2-3-4-5-6-7-8-9-10-11-12-21-13-15-22(16-14-21)25-26-23-17-19-24(20-18-23)30(27,28)29;/h13-20H,2-12H2,1H3,(H,27,28,29);/q;+1/p-1. The molecule has 0 amide bonds. The second-order valence-corrected chi connectivity index (χ2v) is 9.13. The minimum Gasteiger partial charge on any atom is -0.744 e. The summed E-state index contributed by atoms with van der Waals surface area (Å²) in [5, 5.41) is 8.25. The van der Waals surface area contributed by atoms with Crippen molar-refractivity contribution < 1.29 is 42.5 Å². The Balaban J connectivity index is 0.00000480. The Kier molecular flexibility index (Phi) is 14.2. The van der Waals surface area contributed by atoms with Gasteiger partial charge in [0, 0.05) is 0 Å². The van der Waals surface area contributed by atoms with Crippen LogP contribution in [-0.2, 0) is 16.5 Å². The van der Waals surface area contributed by atoms with Crippen molar-refractivity contribution in [1.82, 2.24) is 0 Å². The van der Waals surface area contributed by atoms with Gasteiger partial charge in [-0.25, -0.2) is 8.42 Å². The summed E-state index contributed by atoms with van der Waals surface area (Å²) < 4.78 is 32.8. The topological polar surface area (TPSA) is 81.9 Å². The van der Waals surface area contributed by atoms with Gasteiger partial charge in [0.25, 0.3) is 0 Å². The Morgan fingerprint density at radius 2 is 1.10 bits per heavy atom. The van der Waals surface area contributed by atoms with E-state index >= 15 is 0 Å². The van der Waals surface area contributed by atoms with Gasteiger partial charge in [-0.3, -0.25) is 0 Å². The molecular weight excluding hydrogens is 419 g/mol. The number of azo groups is 1. The van der Waals surface area contributed by atoms with Gasteiger partial charge < -0.3 is 4.55 Å². The van der Waals surface area contributed by atoms with E-state index in [1.807, 2.05) is 12.1 Å². The van der Waals surface area contributed by atoms with Gasteiger partial charge in [0.1, 0.15) is 10.1 Å². The molecule has 2 aromatic carbocycles. The largest absolute Gasteiger partial charge is 1.00 e. The fourth-order valence-corrected chi connectivity index (χ4v) is 3.81. The van der Waals surface area contributed by atoms with Crippen LogP contribution in [0.5, 0.6) is 0 Å². The molecule has 0 N–H and O–H groups in total. The monoisotopic (exact) mass is 452 g/mol. The van der Waals surface area contributed by atoms with Crippen molar-refractivity contribution in [2.24, 2.45) is 10.2 Å². The molecule has 5 nitrogen and oxygen atoms in total. The number of hydrogen-bond acceptors (Lipinski definition) is 5. The Hall–Kier alpha value is -1.05. The number of hydrogen-bond donors (Lipinski definition) is 0. The predicted octanol–water partition coefficient (Wildman–Crippen LogP) is 4.47. The number of unbranched alkanes of at least 4 members (excludes halogenated alkanes) is 9. The molecule has 0 fully saturated rings. The van der Waals surface area contributed by atoms with Gasteiger partial charge >= 0.3 is 29.6 Å². The van der Waals surface area contributed by atoms with Crippen molar-refractivity contribution in [3.8, 4) is 0 Å². The molecule has 0 radical (unpaired) electrons. The molecular formula is C24H33N2NaO3S. The molecule has 0 aliphatic heterocycles. The number of nitrogens with zero attached hydrogens (tertiary/aromatic N) is 2. The number of benzene rings is 2. The number of aryl methyl sites for hydroxylation is 1. The van der Waals surface area contributed by atoms with E-state index in [0.717, 1.165) is 12.1 Å². The molecule has 2 aromatic rings. The van der Waals surface area contributed by atoms with Crippen molar-refractivity contribution in [3.05, 3.63) is 54.1 Å². The Bertz CT molecular complexity index is 867. The third-order valence-electron chi connectivity index (χ3n) is 5.16. The fourth-order valence-electron chi connectivity index (χ4n) is 3.34. The number of rotatable bonds is 14. The van der Waals surface area contributed by atoms with Crippen molar-refractivity contribution in [2.45, 2.75) is 82.4 Å². The van der Waals surface area contributed by atoms with E-state index < -0.39 is 10.1 Å². The Morgan fingerprint density at radius 3 is 1.55 bits per heavy atom. The van der Waals surface area contributed by atoms with Crippen LogP contribution < -0.4 is 29.6 Å². The first-order valence-electron chi connectivity index (χ1n) is 11.1. The second-order valence-electron chi connectivity index (χ2n) is 7.75. The average molecular weight is 453 g/mol. The summed E-state index contributed by atoms with van der Waals surface area (Å²) >= 11 is 0. The molecule has 0 heterocycles. The van der Waals surface area contributed by atoms with Gasteiger partial charge in [-0.1, -0.05) is 76.8 Å². The van der Waals surface area contributed by atoms with Gasteiger partial charge in [0.15, 0.2) is 0 Å². The summed E-state index contributed by atoms with van der Waals surface area (Å²) in [6.07, 6.45) is 14.5. The van der Waals surface area contributed by atoms with Gasteiger partial charge in [0.2, 0.25) is 0 Å². The van der Waals surface area contributed by atoms with Gasteiger partial charge in [0.05, 0.1) is 16.3 Å². The fraction of sp³-hybridized carbons (Fsp3) is 0.500. The van der Waals surface area contributed by atoms with Crippen LogP contribution in [0.3, 0.4) is 0 Å². The van der Waals surface area contributed by atoms with Crippen LogP contribution in [0.15, 0.2) is 63.7 Å². The summed E-state index contributed by atoms with van der Waals surface area (Å²) in [7, 11) is -4.43. The van der Waals surface area contributed by atoms with Gasteiger partial charge in [-0.2, -0.15) is 10.2 Å². The summed E-state index contributed by atoms with van der Waals surface area (Å²) in [5.74, 6) is 0. The molecule has 31 heavy (non-hydrogen) atoms. The van der Waals surface area contributed by atoms with Crippen molar-refractivity contribution in [1.29, 1.82) is 0 Å². The molecule has 0 atom stereocenters. The maximum atomic E-state index is 10.9. The molecule has 0 aliphatic rings. The predicted molar refractivity (Wildman–Crippen MR) is 121 cm³/mol. The normalized spacial score (nSPS) is 11.5. The van der Waals surface area contributed by atoms with Gasteiger partial charge in [-0.05, 0) is 54.8 Å². The third-order valence-corrected chi connectivity index (χ3v) is 6.01. The van der Waals surface area contributed by atoms with E-state index in [-0.39, 0.29) is 34.5 Å². The van der Waals surface area contributed by atoms with Crippen LogP contribution in [0.4, 0.5) is 11.4 Å². The summed E-state index contributed by atoms with van der Waals surface area (Å²) in [4.78, 5) is -0.266. The zero-order chi connectivity index (χ0) is 21.7. The van der Waals surface area contributed by atoms with Gasteiger partial charge in [-0.15, -0.1) is 0 Å². The van der Waals surface area contributed by atoms with Crippen LogP contribution in [0, 0.1) is 0 Å². The SMILES string of the molecule is CCCCCCCCCCCCc1ccc(N=Nc2ccc(S(=O)(=O)[O-])cc2)cc1.[Na+]. The second kappa shape index (κ2) is 15.7. The minimum absolute atomic E-state index is 0. The maximum Gasteiger partial charge on any atom is 1.00 e. The van der Waals surface area contributed by atoms with E-state index in [0.29, 0.717) is 5.69 Å². The van der Waals surface area contributed by atoms with Crippen molar-refractivity contribution in [2.75, 3.05) is 0 Å². The molecule has 0 aromatic heterocycles. The van der Waals surface area contributed by atoms with E-state index in [4.69, 9.17) is 0 Å². The minimum atomic E-state index is -4.43. The van der Waals surface area contributed by atoms with Crippen molar-refractivity contribution in [3.63, 3.8) is 0 Å². The quantitative estimate of drug-likeness (QED) is 0.183. The van der Waals surface area contributed by atoms with Crippen LogP contribution >= 0.6 is 0 Å². The Morgan fingerprint density at radius 1 is 0.677 bits per heavy atom. The van der Waals surface area contributed by atoms with Crippen LogP contribution in [0.1, 0.15) is 76.7 Å². The van der Waals surface area contributed by atoms with E-state index in [1.54, 1.807) is 0 Å². The molecule has 0 saturated heterocycles. The molecule has 2 rings (SSSR count). The van der Waals surface area contributed by atoms with Crippen LogP contribution in [0.2, 0.25) is 0 Å². The molecule has 7 heteroatoms. The van der Waals surface area contributed by atoms with E-state index in [1.165, 1.54) is 94.0 Å². The molecule has 0 bridgehead atoms. The van der Waals surface area contributed by atoms with Crippen LogP contribution in [-0.4, -0.2) is 13.0 Å². The molecule has 0 unspecified atom stereocenters. The molecule has 164 valence electrons. The van der Waals surface area contributed by atoms with Crippen LogP contribution in [0.25, 0.3) is 0 Å². The average Bonchev–Trinajstić information content (AvgIpc) is 2.74. The molecule has 0 aliphatic carbocycles. The maximum absolute atomic E-state index is 10.9. The van der Waals surface area contributed by atoms with E-state index in [2.05, 4.69) is 29.3 Å². The summed E-state index contributed by atoms with van der Waals surface area (Å²) in [5.41, 5.74) is 2.54. The first kappa shape index (κ1) is 28.0. The molecule has 0 saturated carbocycles. The van der Waals surface area contributed by atoms with Crippen molar-refractivity contribution >= 4 is 21.5 Å². The molecule has 0 spiro atoms. The van der Waals surface area contributed by atoms with E-state index in [9.17, 15) is 13.0 Å². The first-order chi connectivity index (χ1) is 14.5. The smallest absolute Gasteiger partial charge is 0.744 e.